The molecule has 1 aliphatic heterocycles. The molecule has 0 aromatic heterocycles. The van der Waals surface area contributed by atoms with Gasteiger partial charge in [0.1, 0.15) is 0 Å². The van der Waals surface area contributed by atoms with Crippen LogP contribution in [0.4, 0.5) is 39.5 Å². The third kappa shape index (κ3) is 1.18. The Hall–Kier alpha value is -0.710. The predicted molar refractivity (Wildman–Crippen MR) is 26.9 cm³/mol. The van der Waals surface area contributed by atoms with Gasteiger partial charge in [0.2, 0.25) is 0 Å². The fourth-order valence-electron chi connectivity index (χ4n) is 0.949. The maximum absolute atomic E-state index is 12.7. The Morgan fingerprint density at radius 3 is 1.38 bits per heavy atom. The van der Waals surface area contributed by atoms with E-state index in [4.69, 9.17) is 5.11 Å². The molecule has 2 atom stereocenters. The average molecular weight is 264 g/mol. The number of hydrogen-bond donors (Lipinski definition) is 1. The van der Waals surface area contributed by atoms with E-state index in [1.54, 1.807) is 0 Å². The van der Waals surface area contributed by atoms with Crippen LogP contribution in [0.3, 0.4) is 0 Å². The lowest BCUT2D eigenvalue weighted by atomic mass is 10.0. The molecule has 0 spiro atoms. The predicted octanol–water partition coefficient (Wildman–Crippen LogP) is 2.13. The summed E-state index contributed by atoms with van der Waals surface area (Å²) in [4.78, 5) is 0. The van der Waals surface area contributed by atoms with Crippen LogP contribution in [0, 0.1) is 0 Å². The summed E-state index contributed by atoms with van der Waals surface area (Å²) in [5.74, 6) is -18.8. The maximum atomic E-state index is 12.7. The van der Waals surface area contributed by atoms with Gasteiger partial charge in [0, 0.05) is 0 Å². The summed E-state index contributed by atoms with van der Waals surface area (Å²) in [5.41, 5.74) is 0. The Bertz CT molecular complexity index is 308. The summed E-state index contributed by atoms with van der Waals surface area (Å²) >= 11 is 0. The first kappa shape index (κ1) is 13.4. The highest BCUT2D eigenvalue weighted by molar-refractivity contribution is 5.10. The second kappa shape index (κ2) is 2.75. The molecule has 2 nitrogen and oxygen atoms in total. The van der Waals surface area contributed by atoms with Crippen LogP contribution in [0.1, 0.15) is 0 Å². The van der Waals surface area contributed by atoms with Crippen LogP contribution in [0.25, 0.3) is 0 Å². The van der Waals surface area contributed by atoms with E-state index in [1.807, 2.05) is 4.74 Å². The lowest BCUT2D eigenvalue weighted by molar-refractivity contribution is -0.415. The normalized spacial score (nSPS) is 42.4. The Morgan fingerprint density at radius 1 is 0.875 bits per heavy atom. The number of halogens is 9. The Morgan fingerprint density at radius 2 is 1.25 bits per heavy atom. The van der Waals surface area contributed by atoms with Crippen molar-refractivity contribution in [2.75, 3.05) is 0 Å². The van der Waals surface area contributed by atoms with E-state index in [-0.39, 0.29) is 0 Å². The van der Waals surface area contributed by atoms with Crippen molar-refractivity contribution in [1.82, 2.24) is 0 Å². The molecular weight excluding hydrogens is 263 g/mol. The number of hydrogen-bond acceptors (Lipinski definition) is 2. The quantitative estimate of drug-likeness (QED) is 0.679. The van der Waals surface area contributed by atoms with E-state index in [9.17, 15) is 39.5 Å². The first-order valence-corrected chi connectivity index (χ1v) is 3.33. The summed E-state index contributed by atoms with van der Waals surface area (Å²) < 4.78 is 111. The monoisotopic (exact) mass is 264 g/mol. The van der Waals surface area contributed by atoms with Gasteiger partial charge in [-0.2, -0.15) is 39.5 Å². The van der Waals surface area contributed by atoms with Crippen molar-refractivity contribution in [3.05, 3.63) is 0 Å². The van der Waals surface area contributed by atoms with Crippen LogP contribution in [-0.2, 0) is 4.74 Å². The van der Waals surface area contributed by atoms with Crippen LogP contribution in [-0.4, -0.2) is 35.0 Å². The SMILES string of the molecule is OC1(F)C(F)(F)C(F)(F)OC1(F)C(F)(F)F. The van der Waals surface area contributed by atoms with Crippen molar-refractivity contribution in [3.8, 4) is 0 Å². The zero-order valence-electron chi connectivity index (χ0n) is 6.76. The minimum Gasteiger partial charge on any atom is -0.352 e. The largest absolute Gasteiger partial charge is 0.455 e. The van der Waals surface area contributed by atoms with E-state index in [1.165, 1.54) is 0 Å². The summed E-state index contributed by atoms with van der Waals surface area (Å²) in [6.45, 7) is 0. The van der Waals surface area contributed by atoms with Gasteiger partial charge in [0.15, 0.2) is 0 Å². The third-order valence-electron chi connectivity index (χ3n) is 1.84. The van der Waals surface area contributed by atoms with Gasteiger partial charge in [0.05, 0.1) is 0 Å². The molecule has 0 radical (unpaired) electrons. The lowest BCUT2D eigenvalue weighted by Gasteiger charge is -2.29. The molecule has 11 heteroatoms. The maximum Gasteiger partial charge on any atom is 0.455 e. The molecule has 16 heavy (non-hydrogen) atoms. The molecule has 0 aromatic rings. The van der Waals surface area contributed by atoms with Gasteiger partial charge in [-0.15, -0.1) is 0 Å². The first-order chi connectivity index (χ1) is 6.71. The highest BCUT2D eigenvalue weighted by Gasteiger charge is 2.94. The van der Waals surface area contributed by atoms with Crippen molar-refractivity contribution in [1.29, 1.82) is 0 Å². The Balaban J connectivity index is 3.41. The molecule has 1 N–H and O–H groups in total. The van der Waals surface area contributed by atoms with E-state index in [0.29, 0.717) is 0 Å². The third-order valence-corrected chi connectivity index (χ3v) is 1.84. The van der Waals surface area contributed by atoms with Gasteiger partial charge in [-0.1, -0.05) is 0 Å². The molecule has 0 amide bonds. The average Bonchev–Trinajstić information content (AvgIpc) is 2.07. The molecule has 96 valence electrons. The highest BCUT2D eigenvalue weighted by Crippen LogP contribution is 2.62. The summed E-state index contributed by atoms with van der Waals surface area (Å²) in [5, 5.41) is 8.00. The van der Waals surface area contributed by atoms with Crippen LogP contribution in [0.5, 0.6) is 0 Å². The number of aliphatic hydroxyl groups is 1. The van der Waals surface area contributed by atoms with Crippen LogP contribution in [0.2, 0.25) is 0 Å². The van der Waals surface area contributed by atoms with E-state index < -0.39 is 29.9 Å². The highest BCUT2D eigenvalue weighted by atomic mass is 19.4. The molecule has 1 saturated heterocycles. The molecule has 1 heterocycles. The fourth-order valence-corrected chi connectivity index (χ4v) is 0.949. The van der Waals surface area contributed by atoms with Crippen molar-refractivity contribution >= 4 is 0 Å². The van der Waals surface area contributed by atoms with Crippen molar-refractivity contribution < 1.29 is 49.4 Å². The van der Waals surface area contributed by atoms with Gasteiger partial charge in [-0.3, -0.25) is 4.74 Å². The number of ether oxygens (including phenoxy) is 1. The van der Waals surface area contributed by atoms with Gasteiger partial charge >= 0.3 is 29.9 Å². The zero-order valence-corrected chi connectivity index (χ0v) is 6.76. The lowest BCUT2D eigenvalue weighted by Crippen LogP contribution is -2.61. The molecule has 0 bridgehead atoms. The molecule has 1 fully saturated rings. The van der Waals surface area contributed by atoms with Crippen LogP contribution < -0.4 is 0 Å². The zero-order chi connectivity index (χ0) is 13.2. The number of rotatable bonds is 0. The standard InChI is InChI=1S/C5HF9O2/c6-1(7)2(8,15)3(9,4(10,11)12)16-5(1,13)14/h15H. The smallest absolute Gasteiger partial charge is 0.352 e. The van der Waals surface area contributed by atoms with E-state index in [2.05, 4.69) is 0 Å². The summed E-state index contributed by atoms with van der Waals surface area (Å²) in [7, 11) is 0. The topological polar surface area (TPSA) is 29.5 Å². The molecule has 0 aromatic carbocycles. The fraction of sp³-hybridized carbons (Fsp3) is 1.00. The molecule has 1 rings (SSSR count). The van der Waals surface area contributed by atoms with Gasteiger partial charge in [0.25, 0.3) is 0 Å². The first-order valence-electron chi connectivity index (χ1n) is 3.33. The van der Waals surface area contributed by atoms with Crippen LogP contribution >= 0.6 is 0 Å². The number of alkyl halides is 9. The van der Waals surface area contributed by atoms with Crippen molar-refractivity contribution in [2.45, 2.75) is 29.9 Å². The van der Waals surface area contributed by atoms with Gasteiger partial charge < -0.3 is 5.11 Å². The second-order valence-electron chi connectivity index (χ2n) is 2.91. The minimum absolute atomic E-state index is 2.03. The molecule has 2 unspecified atom stereocenters. The van der Waals surface area contributed by atoms with Crippen molar-refractivity contribution in [3.63, 3.8) is 0 Å². The van der Waals surface area contributed by atoms with E-state index >= 15 is 0 Å². The summed E-state index contributed by atoms with van der Waals surface area (Å²) in [6.07, 6.45) is -12.7. The summed E-state index contributed by atoms with van der Waals surface area (Å²) in [6, 6.07) is 0. The van der Waals surface area contributed by atoms with E-state index in [0.717, 1.165) is 0 Å². The Labute approximate surface area is 80.6 Å². The van der Waals surface area contributed by atoms with Gasteiger partial charge in [-0.05, 0) is 0 Å². The molecule has 0 aliphatic carbocycles. The second-order valence-corrected chi connectivity index (χ2v) is 2.91. The van der Waals surface area contributed by atoms with Crippen molar-refractivity contribution in [2.24, 2.45) is 0 Å². The molecule has 1 aliphatic rings. The van der Waals surface area contributed by atoms with Gasteiger partial charge in [-0.25, -0.2) is 0 Å². The Kier molecular flexibility index (Phi) is 2.30. The molecular formula is C5HF9O2. The van der Waals surface area contributed by atoms with Crippen LogP contribution in [0.15, 0.2) is 0 Å². The minimum atomic E-state index is -6.61. The molecule has 0 saturated carbocycles.